The molecule has 1 aromatic carbocycles. The highest BCUT2D eigenvalue weighted by atomic mass is 32.2. The van der Waals surface area contributed by atoms with Crippen molar-refractivity contribution in [3.63, 3.8) is 0 Å². The second kappa shape index (κ2) is 7.42. The van der Waals surface area contributed by atoms with Gasteiger partial charge in [-0.2, -0.15) is 0 Å². The summed E-state index contributed by atoms with van der Waals surface area (Å²) in [7, 11) is 1.59. The average Bonchev–Trinajstić information content (AvgIpc) is 2.75. The second-order valence-electron chi connectivity index (χ2n) is 4.60. The number of carboxylic acid groups (broad SMARTS) is 1. The molecule has 0 atom stereocenters. The van der Waals surface area contributed by atoms with Crippen LogP contribution in [0.4, 0.5) is 0 Å². The summed E-state index contributed by atoms with van der Waals surface area (Å²) in [5.74, 6) is -0.297. The van der Waals surface area contributed by atoms with Gasteiger partial charge in [0.2, 0.25) is 0 Å². The molecule has 22 heavy (non-hydrogen) atoms. The molecule has 0 spiro atoms. The third kappa shape index (κ3) is 4.08. The first-order valence-corrected chi connectivity index (χ1v) is 7.85. The number of thiocarbonyl (C=S) groups is 1. The molecule has 7 heteroatoms. The summed E-state index contributed by atoms with van der Waals surface area (Å²) < 4.78 is 5.56. The van der Waals surface area contributed by atoms with E-state index in [-0.39, 0.29) is 12.3 Å². The SMILES string of the molecule is COc1ccc(C=C2SC(=S)N(CCCC(=O)O)C2=O)cc1. The van der Waals surface area contributed by atoms with E-state index >= 15 is 0 Å². The van der Waals surface area contributed by atoms with Crippen LogP contribution in [0.25, 0.3) is 6.08 Å². The summed E-state index contributed by atoms with van der Waals surface area (Å²) in [6.45, 7) is 0.330. The van der Waals surface area contributed by atoms with Gasteiger partial charge in [0.1, 0.15) is 10.1 Å². The molecule has 1 aliphatic rings. The number of benzene rings is 1. The highest BCUT2D eigenvalue weighted by Crippen LogP contribution is 2.32. The van der Waals surface area contributed by atoms with Crippen molar-refractivity contribution in [2.45, 2.75) is 12.8 Å². The van der Waals surface area contributed by atoms with Crippen molar-refractivity contribution in [2.75, 3.05) is 13.7 Å². The van der Waals surface area contributed by atoms with Crippen LogP contribution >= 0.6 is 24.0 Å². The van der Waals surface area contributed by atoms with E-state index < -0.39 is 5.97 Å². The first-order valence-electron chi connectivity index (χ1n) is 6.62. The summed E-state index contributed by atoms with van der Waals surface area (Å²) in [5, 5.41) is 8.65. The summed E-state index contributed by atoms with van der Waals surface area (Å²) in [5.41, 5.74) is 0.881. The topological polar surface area (TPSA) is 66.8 Å². The Labute approximate surface area is 137 Å². The predicted molar refractivity (Wildman–Crippen MR) is 89.7 cm³/mol. The summed E-state index contributed by atoms with van der Waals surface area (Å²) >= 11 is 6.42. The lowest BCUT2D eigenvalue weighted by molar-refractivity contribution is -0.137. The molecule has 1 saturated heterocycles. The molecule has 0 aromatic heterocycles. The zero-order valence-corrected chi connectivity index (χ0v) is 13.6. The number of carbonyl (C=O) groups excluding carboxylic acids is 1. The summed E-state index contributed by atoms with van der Waals surface area (Å²) in [6.07, 6.45) is 2.18. The quantitative estimate of drug-likeness (QED) is 0.636. The smallest absolute Gasteiger partial charge is 0.303 e. The van der Waals surface area contributed by atoms with Crippen LogP contribution in [0.15, 0.2) is 29.2 Å². The van der Waals surface area contributed by atoms with Gasteiger partial charge in [0.25, 0.3) is 5.91 Å². The van der Waals surface area contributed by atoms with Crippen molar-refractivity contribution < 1.29 is 19.4 Å². The van der Waals surface area contributed by atoms with Gasteiger partial charge in [0, 0.05) is 13.0 Å². The first-order chi connectivity index (χ1) is 10.5. The van der Waals surface area contributed by atoms with E-state index in [0.717, 1.165) is 11.3 Å². The summed E-state index contributed by atoms with van der Waals surface area (Å²) in [4.78, 5) is 24.8. The molecule has 116 valence electrons. The molecule has 5 nitrogen and oxygen atoms in total. The van der Waals surface area contributed by atoms with Crippen molar-refractivity contribution in [1.29, 1.82) is 0 Å². The summed E-state index contributed by atoms with van der Waals surface area (Å²) in [6, 6.07) is 7.35. The molecule has 1 heterocycles. The molecule has 0 saturated carbocycles. The number of rotatable bonds is 6. The van der Waals surface area contributed by atoms with Gasteiger partial charge in [-0.3, -0.25) is 14.5 Å². The van der Waals surface area contributed by atoms with Crippen LogP contribution in [0.5, 0.6) is 5.75 Å². The Balaban J connectivity index is 2.06. The molecule has 0 unspecified atom stereocenters. The highest BCUT2D eigenvalue weighted by Gasteiger charge is 2.31. The van der Waals surface area contributed by atoms with E-state index in [2.05, 4.69) is 0 Å². The lowest BCUT2D eigenvalue weighted by Gasteiger charge is -2.13. The molecule has 1 amide bonds. The van der Waals surface area contributed by atoms with Crippen molar-refractivity contribution >= 4 is 46.3 Å². The van der Waals surface area contributed by atoms with E-state index in [1.54, 1.807) is 13.2 Å². The van der Waals surface area contributed by atoms with Crippen LogP contribution in [-0.2, 0) is 9.59 Å². The van der Waals surface area contributed by atoms with E-state index in [1.165, 1.54) is 16.7 Å². The van der Waals surface area contributed by atoms with E-state index in [4.69, 9.17) is 22.1 Å². The van der Waals surface area contributed by atoms with Crippen molar-refractivity contribution in [1.82, 2.24) is 4.90 Å². The van der Waals surface area contributed by atoms with Crippen molar-refractivity contribution in [3.05, 3.63) is 34.7 Å². The van der Waals surface area contributed by atoms with Crippen LogP contribution in [0.2, 0.25) is 0 Å². The number of nitrogens with zero attached hydrogens (tertiary/aromatic N) is 1. The monoisotopic (exact) mass is 337 g/mol. The average molecular weight is 337 g/mol. The lowest BCUT2D eigenvalue weighted by Crippen LogP contribution is -2.29. The van der Waals surface area contributed by atoms with Crippen molar-refractivity contribution in [3.8, 4) is 5.75 Å². The molecule has 1 N–H and O–H groups in total. The minimum atomic E-state index is -0.876. The molecular formula is C15H15NO4S2. The maximum absolute atomic E-state index is 12.3. The zero-order chi connectivity index (χ0) is 16.1. The maximum Gasteiger partial charge on any atom is 0.303 e. The highest BCUT2D eigenvalue weighted by molar-refractivity contribution is 8.26. The van der Waals surface area contributed by atoms with Gasteiger partial charge in [0.15, 0.2) is 0 Å². The Bertz CT molecular complexity index is 625. The molecule has 0 bridgehead atoms. The van der Waals surface area contributed by atoms with E-state index in [1.807, 2.05) is 24.3 Å². The Morgan fingerprint density at radius 3 is 2.68 bits per heavy atom. The standard InChI is InChI=1S/C15H15NO4S2/c1-20-11-6-4-10(5-7-11)9-12-14(19)16(15(21)22-12)8-2-3-13(17)18/h4-7,9H,2-3,8H2,1H3,(H,17,18). The zero-order valence-electron chi connectivity index (χ0n) is 11.9. The minimum absolute atomic E-state index is 0.0224. The number of aliphatic carboxylic acids is 1. The Hall–Kier alpha value is -1.86. The molecule has 0 radical (unpaired) electrons. The van der Waals surface area contributed by atoms with Crippen LogP contribution in [0.3, 0.4) is 0 Å². The van der Waals surface area contributed by atoms with Gasteiger partial charge in [-0.15, -0.1) is 0 Å². The number of carboxylic acids is 1. The van der Waals surface area contributed by atoms with Crippen LogP contribution in [0, 0.1) is 0 Å². The largest absolute Gasteiger partial charge is 0.497 e. The minimum Gasteiger partial charge on any atom is -0.497 e. The molecule has 1 aliphatic heterocycles. The number of amides is 1. The number of ether oxygens (including phenoxy) is 1. The van der Waals surface area contributed by atoms with Crippen LogP contribution < -0.4 is 4.74 Å². The number of thioether (sulfide) groups is 1. The number of methoxy groups -OCH3 is 1. The van der Waals surface area contributed by atoms with E-state index in [0.29, 0.717) is 22.2 Å². The third-order valence-electron chi connectivity index (χ3n) is 3.06. The number of hydrogen-bond donors (Lipinski definition) is 1. The molecule has 0 aliphatic carbocycles. The normalized spacial score (nSPS) is 16.4. The molecular weight excluding hydrogens is 322 g/mol. The van der Waals surface area contributed by atoms with Gasteiger partial charge in [-0.05, 0) is 30.2 Å². The van der Waals surface area contributed by atoms with Crippen molar-refractivity contribution in [2.24, 2.45) is 0 Å². The molecule has 1 aromatic rings. The number of carbonyl (C=O) groups is 2. The molecule has 1 fully saturated rings. The fourth-order valence-electron chi connectivity index (χ4n) is 1.93. The number of hydrogen-bond acceptors (Lipinski definition) is 5. The van der Waals surface area contributed by atoms with Crippen LogP contribution in [0.1, 0.15) is 18.4 Å². The lowest BCUT2D eigenvalue weighted by atomic mass is 10.2. The fraction of sp³-hybridized carbons (Fsp3) is 0.267. The van der Waals surface area contributed by atoms with Gasteiger partial charge in [-0.25, -0.2) is 0 Å². The second-order valence-corrected chi connectivity index (χ2v) is 6.28. The third-order valence-corrected chi connectivity index (χ3v) is 4.44. The maximum atomic E-state index is 12.3. The van der Waals surface area contributed by atoms with Gasteiger partial charge in [-0.1, -0.05) is 36.1 Å². The van der Waals surface area contributed by atoms with Crippen LogP contribution in [-0.4, -0.2) is 39.9 Å². The first kappa shape index (κ1) is 16.5. The van der Waals surface area contributed by atoms with Gasteiger partial charge in [0.05, 0.1) is 12.0 Å². The van der Waals surface area contributed by atoms with E-state index in [9.17, 15) is 9.59 Å². The predicted octanol–water partition coefficient (Wildman–Crippen LogP) is 2.76. The Kier molecular flexibility index (Phi) is 5.57. The van der Waals surface area contributed by atoms with Gasteiger partial charge >= 0.3 is 5.97 Å². The molecule has 2 rings (SSSR count). The fourth-order valence-corrected chi connectivity index (χ4v) is 3.24. The Morgan fingerprint density at radius 2 is 2.09 bits per heavy atom. The Morgan fingerprint density at radius 1 is 1.41 bits per heavy atom. The van der Waals surface area contributed by atoms with Gasteiger partial charge < -0.3 is 9.84 Å².